The Kier molecular flexibility index (Phi) is 5.59. The van der Waals surface area contributed by atoms with Crippen molar-refractivity contribution in [1.82, 2.24) is 9.88 Å². The topological polar surface area (TPSA) is 45.2 Å². The Morgan fingerprint density at radius 1 is 1.50 bits per heavy atom. The van der Waals surface area contributed by atoms with E-state index in [-0.39, 0.29) is 11.9 Å². The third-order valence-corrected chi connectivity index (χ3v) is 3.69. The summed E-state index contributed by atoms with van der Waals surface area (Å²) in [5, 5.41) is 3.14. The van der Waals surface area contributed by atoms with Gasteiger partial charge in [0, 0.05) is 23.8 Å². The van der Waals surface area contributed by atoms with E-state index in [0.717, 1.165) is 28.9 Å². The van der Waals surface area contributed by atoms with Crippen molar-refractivity contribution in [2.75, 3.05) is 18.4 Å². The van der Waals surface area contributed by atoms with Gasteiger partial charge in [0.25, 0.3) is 0 Å². The molecule has 0 radical (unpaired) electrons. The molecule has 0 saturated heterocycles. The fourth-order valence-electron chi connectivity index (χ4n) is 1.71. The molecular formula is C13H20BrN3O. The highest BCUT2D eigenvalue weighted by atomic mass is 79.9. The van der Waals surface area contributed by atoms with Crippen molar-refractivity contribution in [2.45, 2.75) is 33.7 Å². The first kappa shape index (κ1) is 15.0. The molecule has 0 aliphatic carbocycles. The van der Waals surface area contributed by atoms with Crippen LogP contribution in [-0.2, 0) is 4.79 Å². The number of amides is 1. The van der Waals surface area contributed by atoms with Crippen LogP contribution in [0.2, 0.25) is 0 Å². The molecule has 1 atom stereocenters. The largest absolute Gasteiger partial charge is 0.359 e. The average molecular weight is 314 g/mol. The van der Waals surface area contributed by atoms with Crippen LogP contribution in [0.5, 0.6) is 0 Å². The van der Waals surface area contributed by atoms with E-state index in [1.54, 1.807) is 6.20 Å². The van der Waals surface area contributed by atoms with E-state index in [1.165, 1.54) is 0 Å². The normalized spacial score (nSPS) is 12.1. The zero-order valence-corrected chi connectivity index (χ0v) is 12.9. The second-order valence-electron chi connectivity index (χ2n) is 4.20. The number of hydrogen-bond donors (Lipinski definition) is 1. The van der Waals surface area contributed by atoms with Gasteiger partial charge in [-0.05, 0) is 55.3 Å². The third kappa shape index (κ3) is 3.70. The molecule has 1 heterocycles. The van der Waals surface area contributed by atoms with Crippen molar-refractivity contribution in [3.05, 3.63) is 22.3 Å². The van der Waals surface area contributed by atoms with Crippen LogP contribution in [0, 0.1) is 6.92 Å². The van der Waals surface area contributed by atoms with Crippen LogP contribution in [0.4, 0.5) is 5.82 Å². The lowest BCUT2D eigenvalue weighted by molar-refractivity contribution is -0.131. The Balaban J connectivity index is 2.71. The number of aryl methyl sites for hydroxylation is 1. The van der Waals surface area contributed by atoms with Gasteiger partial charge in [-0.25, -0.2) is 4.98 Å². The molecule has 0 fully saturated rings. The maximum absolute atomic E-state index is 12.1. The van der Waals surface area contributed by atoms with E-state index >= 15 is 0 Å². The molecule has 0 saturated carbocycles. The highest BCUT2D eigenvalue weighted by Crippen LogP contribution is 2.17. The number of hydrogen-bond acceptors (Lipinski definition) is 3. The van der Waals surface area contributed by atoms with Crippen molar-refractivity contribution in [3.63, 3.8) is 0 Å². The predicted octanol–water partition coefficient (Wildman–Crippen LogP) is 2.82. The summed E-state index contributed by atoms with van der Waals surface area (Å²) < 4.78 is 0.968. The van der Waals surface area contributed by atoms with Gasteiger partial charge in [-0.15, -0.1) is 0 Å². The van der Waals surface area contributed by atoms with Crippen LogP contribution in [-0.4, -0.2) is 34.9 Å². The molecular weight excluding hydrogens is 294 g/mol. The Hall–Kier alpha value is -1.10. The molecule has 0 bridgehead atoms. The van der Waals surface area contributed by atoms with Crippen molar-refractivity contribution >= 4 is 27.7 Å². The molecule has 1 amide bonds. The van der Waals surface area contributed by atoms with Gasteiger partial charge in [-0.2, -0.15) is 0 Å². The molecule has 1 unspecified atom stereocenters. The summed E-state index contributed by atoms with van der Waals surface area (Å²) in [5.74, 6) is 0.825. The van der Waals surface area contributed by atoms with Gasteiger partial charge < -0.3 is 10.2 Å². The monoisotopic (exact) mass is 313 g/mol. The second kappa shape index (κ2) is 6.73. The summed E-state index contributed by atoms with van der Waals surface area (Å²) in [6.07, 6.45) is 1.74. The number of pyridine rings is 1. The highest BCUT2D eigenvalue weighted by molar-refractivity contribution is 9.10. The smallest absolute Gasteiger partial charge is 0.244 e. The van der Waals surface area contributed by atoms with Gasteiger partial charge in [0.1, 0.15) is 11.9 Å². The van der Waals surface area contributed by atoms with Crippen LogP contribution in [0.3, 0.4) is 0 Å². The molecule has 1 N–H and O–H groups in total. The number of halogens is 1. The molecule has 5 heteroatoms. The number of carbonyl (C=O) groups excluding carboxylic acids is 1. The lowest BCUT2D eigenvalue weighted by Crippen LogP contribution is -2.41. The number of nitrogens with zero attached hydrogens (tertiary/aromatic N) is 2. The summed E-state index contributed by atoms with van der Waals surface area (Å²) in [7, 11) is 0. The molecule has 0 aliphatic rings. The number of aromatic nitrogens is 1. The highest BCUT2D eigenvalue weighted by Gasteiger charge is 2.18. The summed E-state index contributed by atoms with van der Waals surface area (Å²) in [4.78, 5) is 18.1. The number of rotatable bonds is 5. The molecule has 1 aromatic heterocycles. The quantitative estimate of drug-likeness (QED) is 0.909. The number of anilines is 1. The number of likely N-dealkylation sites (N-methyl/N-ethyl adjacent to an activating group) is 1. The van der Waals surface area contributed by atoms with E-state index in [1.807, 2.05) is 38.7 Å². The summed E-state index contributed by atoms with van der Waals surface area (Å²) >= 11 is 3.40. The van der Waals surface area contributed by atoms with Crippen molar-refractivity contribution in [2.24, 2.45) is 0 Å². The van der Waals surface area contributed by atoms with Crippen LogP contribution < -0.4 is 5.32 Å². The first-order valence-electron chi connectivity index (χ1n) is 6.17. The summed E-state index contributed by atoms with van der Waals surface area (Å²) in [6.45, 7) is 9.28. The van der Waals surface area contributed by atoms with Crippen LogP contribution in [0.1, 0.15) is 26.3 Å². The number of carbonyl (C=O) groups is 1. The van der Waals surface area contributed by atoms with E-state index in [4.69, 9.17) is 0 Å². The SMILES string of the molecule is CCN(CC)C(=O)C(C)Nc1cc(C)c(Br)cn1. The standard InChI is InChI=1S/C13H20BrN3O/c1-5-17(6-2)13(18)10(4)16-12-7-9(3)11(14)8-15-12/h7-8,10H,5-6H2,1-4H3,(H,15,16). The first-order valence-corrected chi connectivity index (χ1v) is 6.96. The molecule has 0 spiro atoms. The van der Waals surface area contributed by atoms with Crippen LogP contribution >= 0.6 is 15.9 Å². The molecule has 0 aromatic carbocycles. The van der Waals surface area contributed by atoms with Gasteiger partial charge in [0.2, 0.25) is 5.91 Å². The summed E-state index contributed by atoms with van der Waals surface area (Å²) in [5.41, 5.74) is 1.09. The van der Waals surface area contributed by atoms with Gasteiger partial charge in [-0.3, -0.25) is 4.79 Å². The molecule has 1 aromatic rings. The second-order valence-corrected chi connectivity index (χ2v) is 5.05. The lowest BCUT2D eigenvalue weighted by atomic mass is 10.2. The maximum Gasteiger partial charge on any atom is 0.244 e. The maximum atomic E-state index is 12.1. The number of nitrogens with one attached hydrogen (secondary N) is 1. The van der Waals surface area contributed by atoms with Crippen molar-refractivity contribution < 1.29 is 4.79 Å². The fraction of sp³-hybridized carbons (Fsp3) is 0.538. The van der Waals surface area contributed by atoms with E-state index in [0.29, 0.717) is 0 Å². The van der Waals surface area contributed by atoms with Crippen molar-refractivity contribution in [3.8, 4) is 0 Å². The molecule has 1 rings (SSSR count). The van der Waals surface area contributed by atoms with Crippen LogP contribution in [0.15, 0.2) is 16.7 Å². The third-order valence-electron chi connectivity index (χ3n) is 2.86. The fourth-order valence-corrected chi connectivity index (χ4v) is 1.93. The minimum Gasteiger partial charge on any atom is -0.359 e. The van der Waals surface area contributed by atoms with Crippen molar-refractivity contribution in [1.29, 1.82) is 0 Å². The lowest BCUT2D eigenvalue weighted by Gasteiger charge is -2.23. The van der Waals surface area contributed by atoms with E-state index < -0.39 is 0 Å². The van der Waals surface area contributed by atoms with Crippen LogP contribution in [0.25, 0.3) is 0 Å². The van der Waals surface area contributed by atoms with E-state index in [2.05, 4.69) is 26.2 Å². The minimum atomic E-state index is -0.266. The molecule has 4 nitrogen and oxygen atoms in total. The summed E-state index contributed by atoms with van der Waals surface area (Å²) in [6, 6.07) is 1.66. The first-order chi connectivity index (χ1) is 8.49. The Morgan fingerprint density at radius 3 is 2.61 bits per heavy atom. The molecule has 0 aliphatic heterocycles. The van der Waals surface area contributed by atoms with Gasteiger partial charge in [0.05, 0.1) is 0 Å². The molecule has 100 valence electrons. The predicted molar refractivity (Wildman–Crippen MR) is 77.7 cm³/mol. The zero-order valence-electron chi connectivity index (χ0n) is 11.3. The minimum absolute atomic E-state index is 0.0994. The Labute approximate surface area is 117 Å². The van der Waals surface area contributed by atoms with E-state index in [9.17, 15) is 4.79 Å². The van der Waals surface area contributed by atoms with Gasteiger partial charge in [-0.1, -0.05) is 0 Å². The molecule has 18 heavy (non-hydrogen) atoms. The Morgan fingerprint density at radius 2 is 2.11 bits per heavy atom. The van der Waals surface area contributed by atoms with Gasteiger partial charge >= 0.3 is 0 Å². The van der Waals surface area contributed by atoms with Gasteiger partial charge in [0.15, 0.2) is 0 Å². The zero-order chi connectivity index (χ0) is 13.7. The average Bonchev–Trinajstić information content (AvgIpc) is 2.35. The Bertz CT molecular complexity index is 419.